The highest BCUT2D eigenvalue weighted by molar-refractivity contribution is 5.83. The summed E-state index contributed by atoms with van der Waals surface area (Å²) in [5.41, 5.74) is 2.53. The molecule has 0 bridgehead atoms. The molecule has 0 saturated carbocycles. The highest BCUT2D eigenvalue weighted by atomic mass is 16.5. The van der Waals surface area contributed by atoms with Gasteiger partial charge in [0, 0.05) is 31.5 Å². The first kappa shape index (κ1) is 17.3. The maximum Gasteiger partial charge on any atom is 0.161 e. The molecule has 2 heterocycles. The first-order chi connectivity index (χ1) is 11.4. The van der Waals surface area contributed by atoms with Crippen molar-refractivity contribution < 1.29 is 14.3 Å². The number of fused-ring (bicyclic) bond motifs is 3. The fourth-order valence-corrected chi connectivity index (χ4v) is 4.36. The highest BCUT2D eigenvalue weighted by Crippen LogP contribution is 2.45. The zero-order valence-electron chi connectivity index (χ0n) is 15.5. The molecule has 0 spiro atoms. The lowest BCUT2D eigenvalue weighted by Gasteiger charge is -2.45. The minimum Gasteiger partial charge on any atom is -0.493 e. The molecule has 1 fully saturated rings. The van der Waals surface area contributed by atoms with E-state index in [9.17, 15) is 4.79 Å². The van der Waals surface area contributed by atoms with Crippen molar-refractivity contribution in [1.29, 1.82) is 0 Å². The van der Waals surface area contributed by atoms with Crippen LogP contribution in [0.1, 0.15) is 56.7 Å². The summed E-state index contributed by atoms with van der Waals surface area (Å²) in [7, 11) is 3.34. The number of methoxy groups -OCH3 is 2. The largest absolute Gasteiger partial charge is 0.493 e. The van der Waals surface area contributed by atoms with Gasteiger partial charge in [0.15, 0.2) is 11.5 Å². The summed E-state index contributed by atoms with van der Waals surface area (Å²) < 4.78 is 11.0. The molecule has 0 amide bonds. The lowest BCUT2D eigenvalue weighted by Crippen LogP contribution is -2.47. The van der Waals surface area contributed by atoms with Gasteiger partial charge in [0.1, 0.15) is 5.78 Å². The van der Waals surface area contributed by atoms with Crippen molar-refractivity contribution in [1.82, 2.24) is 4.90 Å². The molecule has 0 aromatic heterocycles. The third-order valence-corrected chi connectivity index (χ3v) is 5.49. The normalized spacial score (nSPS) is 26.9. The van der Waals surface area contributed by atoms with Crippen LogP contribution in [0.2, 0.25) is 0 Å². The Balaban J connectivity index is 1.94. The third-order valence-electron chi connectivity index (χ3n) is 5.49. The Hall–Kier alpha value is -1.55. The first-order valence-electron chi connectivity index (χ1n) is 8.97. The van der Waals surface area contributed by atoms with Gasteiger partial charge in [-0.3, -0.25) is 9.69 Å². The number of Topliss-reactive ketones (excluding diaryl/α,β-unsaturated/α-hetero) is 1. The molecule has 0 N–H and O–H groups in total. The van der Waals surface area contributed by atoms with E-state index in [1.807, 2.05) is 0 Å². The van der Waals surface area contributed by atoms with E-state index in [2.05, 4.69) is 37.8 Å². The maximum atomic E-state index is 12.7. The second-order valence-corrected chi connectivity index (χ2v) is 7.70. The number of hydrogen-bond acceptors (Lipinski definition) is 4. The van der Waals surface area contributed by atoms with Gasteiger partial charge in [0.25, 0.3) is 0 Å². The van der Waals surface area contributed by atoms with Gasteiger partial charge < -0.3 is 9.47 Å². The zero-order chi connectivity index (χ0) is 17.4. The van der Waals surface area contributed by atoms with Gasteiger partial charge >= 0.3 is 0 Å². The zero-order valence-corrected chi connectivity index (χ0v) is 15.5. The van der Waals surface area contributed by atoms with Crippen LogP contribution in [0.5, 0.6) is 11.5 Å². The molecule has 1 saturated heterocycles. The average molecular weight is 331 g/mol. The Bertz CT molecular complexity index is 626. The molecule has 1 unspecified atom stereocenters. The SMILES string of the molecule is COc1cc2c(cc1OC)[C@H]1CC(=O)[C@H](CC(C)C)CN1CC2C. The summed E-state index contributed by atoms with van der Waals surface area (Å²) in [6.07, 6.45) is 1.61. The van der Waals surface area contributed by atoms with Crippen molar-refractivity contribution in [3.63, 3.8) is 0 Å². The minimum absolute atomic E-state index is 0.187. The molecular weight excluding hydrogens is 302 g/mol. The van der Waals surface area contributed by atoms with Crippen molar-refractivity contribution in [2.24, 2.45) is 11.8 Å². The molecular formula is C20H29NO3. The summed E-state index contributed by atoms with van der Waals surface area (Å²) in [6, 6.07) is 4.37. The van der Waals surface area contributed by atoms with Crippen LogP contribution in [0.4, 0.5) is 0 Å². The minimum atomic E-state index is 0.187. The Morgan fingerprint density at radius 2 is 1.75 bits per heavy atom. The highest BCUT2D eigenvalue weighted by Gasteiger charge is 2.40. The predicted octanol–water partition coefficient (Wildman–Crippen LogP) is 3.80. The van der Waals surface area contributed by atoms with Gasteiger partial charge in [0.2, 0.25) is 0 Å². The van der Waals surface area contributed by atoms with Crippen LogP contribution >= 0.6 is 0 Å². The average Bonchev–Trinajstić information content (AvgIpc) is 2.55. The van der Waals surface area contributed by atoms with Gasteiger partial charge in [0.05, 0.1) is 14.2 Å². The van der Waals surface area contributed by atoms with Crippen LogP contribution in [-0.2, 0) is 4.79 Å². The second kappa shape index (κ2) is 6.75. The number of rotatable bonds is 4. The maximum absolute atomic E-state index is 12.7. The third kappa shape index (κ3) is 3.04. The number of hydrogen-bond donors (Lipinski definition) is 0. The van der Waals surface area contributed by atoms with Crippen molar-refractivity contribution in [3.8, 4) is 11.5 Å². The Labute approximate surface area is 145 Å². The van der Waals surface area contributed by atoms with E-state index in [0.29, 0.717) is 24.0 Å². The molecule has 0 aliphatic carbocycles. The van der Waals surface area contributed by atoms with E-state index in [1.54, 1.807) is 14.2 Å². The van der Waals surface area contributed by atoms with Gasteiger partial charge in [-0.2, -0.15) is 0 Å². The fraction of sp³-hybridized carbons (Fsp3) is 0.650. The van der Waals surface area contributed by atoms with E-state index in [1.165, 1.54) is 11.1 Å². The number of ketones is 1. The Morgan fingerprint density at radius 3 is 2.33 bits per heavy atom. The molecule has 1 aromatic rings. The summed E-state index contributed by atoms with van der Waals surface area (Å²) in [5, 5.41) is 0. The predicted molar refractivity (Wildman–Crippen MR) is 94.8 cm³/mol. The van der Waals surface area contributed by atoms with E-state index < -0.39 is 0 Å². The molecule has 4 nitrogen and oxygen atoms in total. The summed E-state index contributed by atoms with van der Waals surface area (Å²) in [6.45, 7) is 8.55. The van der Waals surface area contributed by atoms with Crippen LogP contribution in [-0.4, -0.2) is 38.0 Å². The summed E-state index contributed by atoms with van der Waals surface area (Å²) in [4.78, 5) is 15.2. The number of ether oxygens (including phenoxy) is 2. The van der Waals surface area contributed by atoms with Crippen LogP contribution in [0.15, 0.2) is 12.1 Å². The van der Waals surface area contributed by atoms with Crippen LogP contribution in [0.25, 0.3) is 0 Å². The molecule has 2 aliphatic rings. The van der Waals surface area contributed by atoms with E-state index in [-0.39, 0.29) is 12.0 Å². The summed E-state index contributed by atoms with van der Waals surface area (Å²) in [5.74, 6) is 3.13. The van der Waals surface area contributed by atoms with Gasteiger partial charge in [-0.15, -0.1) is 0 Å². The topological polar surface area (TPSA) is 38.8 Å². The smallest absolute Gasteiger partial charge is 0.161 e. The van der Waals surface area contributed by atoms with E-state index in [0.717, 1.165) is 31.0 Å². The number of nitrogens with zero attached hydrogens (tertiary/aromatic N) is 1. The lowest BCUT2D eigenvalue weighted by molar-refractivity contribution is -0.129. The van der Waals surface area contributed by atoms with Crippen LogP contribution in [0.3, 0.4) is 0 Å². The second-order valence-electron chi connectivity index (χ2n) is 7.70. The number of carbonyl (C=O) groups excluding carboxylic acids is 1. The van der Waals surface area contributed by atoms with Crippen molar-refractivity contribution in [2.45, 2.75) is 45.6 Å². The van der Waals surface area contributed by atoms with Gasteiger partial charge in [-0.25, -0.2) is 0 Å². The molecule has 1 aromatic carbocycles. The quantitative estimate of drug-likeness (QED) is 0.841. The molecule has 24 heavy (non-hydrogen) atoms. The van der Waals surface area contributed by atoms with Crippen molar-refractivity contribution in [2.75, 3.05) is 27.3 Å². The standard InChI is InChI=1S/C20H29NO3/c1-12(2)6-14-11-21-10-13(3)15-7-19(23-4)20(24-5)8-16(15)17(21)9-18(14)22/h7-8,12-14,17H,6,9-11H2,1-5H3/t13?,14-,17-/m1/s1. The number of benzene rings is 1. The first-order valence-corrected chi connectivity index (χ1v) is 8.97. The number of carbonyl (C=O) groups is 1. The fourth-order valence-electron chi connectivity index (χ4n) is 4.36. The Kier molecular flexibility index (Phi) is 4.86. The Morgan fingerprint density at radius 1 is 1.12 bits per heavy atom. The van der Waals surface area contributed by atoms with E-state index >= 15 is 0 Å². The molecule has 2 aliphatic heterocycles. The monoisotopic (exact) mass is 331 g/mol. The van der Waals surface area contributed by atoms with E-state index in [4.69, 9.17) is 9.47 Å². The molecule has 0 radical (unpaired) electrons. The van der Waals surface area contributed by atoms with Crippen molar-refractivity contribution >= 4 is 5.78 Å². The summed E-state index contributed by atoms with van der Waals surface area (Å²) >= 11 is 0. The van der Waals surface area contributed by atoms with Gasteiger partial charge in [-0.05, 0) is 41.5 Å². The molecule has 132 valence electrons. The van der Waals surface area contributed by atoms with Crippen LogP contribution in [0, 0.1) is 11.8 Å². The molecule has 3 atom stereocenters. The number of piperidine rings is 1. The molecule has 3 rings (SSSR count). The molecule has 4 heteroatoms. The van der Waals surface area contributed by atoms with Gasteiger partial charge in [-0.1, -0.05) is 20.8 Å². The van der Waals surface area contributed by atoms with Crippen LogP contribution < -0.4 is 9.47 Å². The van der Waals surface area contributed by atoms with Crippen molar-refractivity contribution in [3.05, 3.63) is 23.3 Å². The lowest BCUT2D eigenvalue weighted by atomic mass is 9.77.